The summed E-state index contributed by atoms with van der Waals surface area (Å²) in [4.78, 5) is 72.1. The Morgan fingerprint density at radius 3 is 0.791 bits per heavy atom. The van der Waals surface area contributed by atoms with Crippen molar-refractivity contribution in [2.75, 3.05) is 39.6 Å². The Hall–Kier alpha value is -1.94. The highest BCUT2D eigenvalue weighted by Gasteiger charge is 2.30. The first-order valence-electron chi connectivity index (χ1n) is 34.8. The molecule has 0 saturated heterocycles. The fourth-order valence-corrected chi connectivity index (χ4v) is 11.6. The average Bonchev–Trinajstić information content (AvgIpc) is 3.68. The lowest BCUT2D eigenvalue weighted by atomic mass is 10.0. The monoisotopic (exact) mass is 1270 g/mol. The molecule has 0 bridgehead atoms. The number of ether oxygens (including phenoxy) is 4. The Labute approximate surface area is 524 Å². The Morgan fingerprint density at radius 1 is 0.314 bits per heavy atom. The molecule has 0 spiro atoms. The molecule has 0 aromatic rings. The maximum Gasteiger partial charge on any atom is 0.472 e. The van der Waals surface area contributed by atoms with Crippen LogP contribution < -0.4 is 0 Å². The van der Waals surface area contributed by atoms with Crippen molar-refractivity contribution in [3.05, 3.63) is 0 Å². The predicted octanol–water partition coefficient (Wildman–Crippen LogP) is 18.7. The van der Waals surface area contributed by atoms with Crippen LogP contribution in [0, 0.1) is 17.8 Å². The number of esters is 4. The molecule has 0 aromatic carbocycles. The molecule has 3 N–H and O–H groups in total. The van der Waals surface area contributed by atoms with Gasteiger partial charge < -0.3 is 33.8 Å². The van der Waals surface area contributed by atoms with Crippen molar-refractivity contribution in [2.45, 2.75) is 349 Å². The summed E-state index contributed by atoms with van der Waals surface area (Å²) in [5.74, 6) is 0.110. The normalized spacial score (nSPS) is 14.3. The van der Waals surface area contributed by atoms with Gasteiger partial charge in [-0.05, 0) is 43.4 Å². The minimum Gasteiger partial charge on any atom is -0.462 e. The van der Waals surface area contributed by atoms with Gasteiger partial charge in [0.1, 0.15) is 19.3 Å². The maximum atomic E-state index is 13.0. The highest BCUT2D eigenvalue weighted by Crippen LogP contribution is 2.45. The third-order valence-corrected chi connectivity index (χ3v) is 17.3. The first kappa shape index (κ1) is 84.1. The van der Waals surface area contributed by atoms with E-state index in [1.54, 1.807) is 0 Å². The number of aliphatic hydroxyl groups excluding tert-OH is 1. The van der Waals surface area contributed by atoms with E-state index in [-0.39, 0.29) is 25.7 Å². The summed E-state index contributed by atoms with van der Waals surface area (Å²) < 4.78 is 67.9. The number of aliphatic hydroxyl groups is 1. The summed E-state index contributed by atoms with van der Waals surface area (Å²) in [6.07, 6.45) is 40.8. The van der Waals surface area contributed by atoms with Crippen LogP contribution in [0.15, 0.2) is 0 Å². The molecule has 0 heterocycles. The minimum absolute atomic E-state index is 0.103. The van der Waals surface area contributed by atoms with Crippen molar-refractivity contribution in [3.8, 4) is 0 Å². The number of hydrogen-bond donors (Lipinski definition) is 3. The molecule has 0 saturated carbocycles. The summed E-state index contributed by atoms with van der Waals surface area (Å²) in [6.45, 7) is 11.7. The second-order valence-electron chi connectivity index (χ2n) is 25.6. The third-order valence-electron chi connectivity index (χ3n) is 15.4. The summed E-state index contributed by atoms with van der Waals surface area (Å²) in [6, 6.07) is 0. The van der Waals surface area contributed by atoms with Gasteiger partial charge in [0.15, 0.2) is 12.2 Å². The topological polar surface area (TPSA) is 237 Å². The van der Waals surface area contributed by atoms with Crippen LogP contribution in [-0.2, 0) is 65.4 Å². The van der Waals surface area contributed by atoms with E-state index >= 15 is 0 Å². The molecule has 0 amide bonds. The third kappa shape index (κ3) is 60.9. The van der Waals surface area contributed by atoms with E-state index in [1.165, 1.54) is 135 Å². The Balaban J connectivity index is 5.13. The van der Waals surface area contributed by atoms with E-state index in [9.17, 15) is 43.2 Å². The lowest BCUT2D eigenvalue weighted by molar-refractivity contribution is -0.161. The van der Waals surface area contributed by atoms with Gasteiger partial charge in [0.2, 0.25) is 0 Å². The molecule has 0 aliphatic rings. The number of carbonyl (C=O) groups excluding carboxylic acids is 4. The molecule has 0 aliphatic heterocycles. The zero-order valence-corrected chi connectivity index (χ0v) is 57.6. The van der Waals surface area contributed by atoms with Crippen molar-refractivity contribution in [3.63, 3.8) is 0 Å². The van der Waals surface area contributed by atoms with Crippen molar-refractivity contribution in [2.24, 2.45) is 17.8 Å². The maximum absolute atomic E-state index is 13.0. The van der Waals surface area contributed by atoms with Crippen molar-refractivity contribution >= 4 is 39.5 Å². The lowest BCUT2D eigenvalue weighted by Crippen LogP contribution is -2.30. The molecule has 5 atom stereocenters. The average molecular weight is 1270 g/mol. The minimum atomic E-state index is -4.95. The van der Waals surface area contributed by atoms with Gasteiger partial charge in [-0.3, -0.25) is 37.3 Å². The molecule has 86 heavy (non-hydrogen) atoms. The number of hydrogen-bond acceptors (Lipinski definition) is 15. The zero-order chi connectivity index (χ0) is 63.8. The Kier molecular flexibility index (Phi) is 56.9. The van der Waals surface area contributed by atoms with Gasteiger partial charge in [0.05, 0.1) is 26.4 Å². The molecule has 2 unspecified atom stereocenters. The van der Waals surface area contributed by atoms with E-state index in [0.29, 0.717) is 25.7 Å². The first-order chi connectivity index (χ1) is 41.2. The fourth-order valence-electron chi connectivity index (χ4n) is 10.0. The highest BCUT2D eigenvalue weighted by molar-refractivity contribution is 7.47. The smallest absolute Gasteiger partial charge is 0.462 e. The van der Waals surface area contributed by atoms with Gasteiger partial charge in [-0.2, -0.15) is 0 Å². The molecule has 0 rings (SSSR count). The molecule has 17 nitrogen and oxygen atoms in total. The largest absolute Gasteiger partial charge is 0.472 e. The van der Waals surface area contributed by atoms with Crippen LogP contribution >= 0.6 is 15.6 Å². The summed E-state index contributed by atoms with van der Waals surface area (Å²) in [7, 11) is -9.88. The van der Waals surface area contributed by atoms with Gasteiger partial charge in [-0.15, -0.1) is 0 Å². The van der Waals surface area contributed by atoms with Crippen molar-refractivity contribution < 1.29 is 80.2 Å². The number of phosphoric ester groups is 2. The number of unbranched alkanes of at least 4 members (excludes halogenated alkanes) is 33. The predicted molar refractivity (Wildman–Crippen MR) is 344 cm³/mol. The summed E-state index contributed by atoms with van der Waals surface area (Å²) >= 11 is 0. The van der Waals surface area contributed by atoms with Crippen LogP contribution in [0.1, 0.15) is 331 Å². The number of phosphoric acid groups is 2. The molecule has 0 aromatic heterocycles. The second-order valence-corrected chi connectivity index (χ2v) is 28.5. The van der Waals surface area contributed by atoms with E-state index in [4.69, 9.17) is 37.0 Å². The van der Waals surface area contributed by atoms with Crippen LogP contribution in [0.2, 0.25) is 0 Å². The Bertz CT molecular complexity index is 1700. The molecule has 0 radical (unpaired) electrons. The van der Waals surface area contributed by atoms with Crippen LogP contribution in [0.25, 0.3) is 0 Å². The summed E-state index contributed by atoms with van der Waals surface area (Å²) in [5, 5.41) is 10.5. The van der Waals surface area contributed by atoms with Crippen LogP contribution in [-0.4, -0.2) is 96.7 Å². The van der Waals surface area contributed by atoms with Gasteiger partial charge >= 0.3 is 39.5 Å². The quantitative estimate of drug-likeness (QED) is 0.0222. The van der Waals surface area contributed by atoms with Crippen molar-refractivity contribution in [1.82, 2.24) is 0 Å². The molecular formula is C67H130O17P2. The lowest BCUT2D eigenvalue weighted by Gasteiger charge is -2.21. The first-order valence-corrected chi connectivity index (χ1v) is 37.8. The Morgan fingerprint density at radius 2 is 0.535 bits per heavy atom. The zero-order valence-electron chi connectivity index (χ0n) is 55.8. The number of carbonyl (C=O) groups is 4. The van der Waals surface area contributed by atoms with Gasteiger partial charge in [-0.1, -0.05) is 280 Å². The SMILES string of the molecule is CCCCCCCC(=O)OC[C@H](COP(=O)(O)OC[C@H](O)COP(=O)(O)OC[C@@H](COC(=O)CCCCCCCCCCC(C)C)OC(=O)CCCCCCCCCCCCCCCCCCC(C)C)OC(=O)CCCCCCCCCCC(C)C. The van der Waals surface area contributed by atoms with Crippen LogP contribution in [0.3, 0.4) is 0 Å². The number of rotatable bonds is 65. The van der Waals surface area contributed by atoms with E-state index in [0.717, 1.165) is 114 Å². The van der Waals surface area contributed by atoms with E-state index in [2.05, 4.69) is 48.5 Å². The van der Waals surface area contributed by atoms with Crippen LogP contribution in [0.5, 0.6) is 0 Å². The molecule has 0 fully saturated rings. The molecule has 510 valence electrons. The van der Waals surface area contributed by atoms with Gasteiger partial charge in [0.25, 0.3) is 0 Å². The van der Waals surface area contributed by atoms with E-state index in [1.807, 2.05) is 0 Å². The fraction of sp³-hybridized carbons (Fsp3) is 0.940. The molecule has 0 aliphatic carbocycles. The van der Waals surface area contributed by atoms with Crippen LogP contribution in [0.4, 0.5) is 0 Å². The molecule has 19 heteroatoms. The second kappa shape index (κ2) is 58.2. The van der Waals surface area contributed by atoms with E-state index < -0.39 is 97.5 Å². The standard InChI is InChI=1S/C67H130O17P2/c1-8-9-10-31-41-48-64(69)77-54-62(83-67(72)51-44-37-30-24-22-27-34-40-47-60(6)7)56-81-85(73,74)79-52-61(68)53-80-86(75,76)82-57-63(55-78-65(70)49-42-35-28-23-21-26-33-39-46-59(4)5)84-66(71)50-43-36-29-20-18-16-14-12-11-13-15-17-19-25-32-38-45-58(2)3/h58-63,68H,8-57H2,1-7H3,(H,73,74)(H,75,76)/t61-,62+,63+/m0/s1. The summed E-state index contributed by atoms with van der Waals surface area (Å²) in [5.41, 5.74) is 0. The van der Waals surface area contributed by atoms with Gasteiger partial charge in [-0.25, -0.2) is 9.13 Å². The van der Waals surface area contributed by atoms with Gasteiger partial charge in [0, 0.05) is 25.7 Å². The highest BCUT2D eigenvalue weighted by atomic mass is 31.2. The van der Waals surface area contributed by atoms with Crippen molar-refractivity contribution in [1.29, 1.82) is 0 Å². The molecular weight excluding hydrogens is 1140 g/mol.